The zero-order valence-electron chi connectivity index (χ0n) is 13.4. The Labute approximate surface area is 148 Å². The summed E-state index contributed by atoms with van der Waals surface area (Å²) in [6, 6.07) is 5.62. The SMILES string of the molecule is CNc1nnc(SCC(=O)N[C@@H](C)c2ccc3c(c2)OCCO3)s1. The van der Waals surface area contributed by atoms with Gasteiger partial charge in [-0.2, -0.15) is 0 Å². The topological polar surface area (TPSA) is 85.4 Å². The van der Waals surface area contributed by atoms with Gasteiger partial charge in [0.2, 0.25) is 11.0 Å². The quantitative estimate of drug-likeness (QED) is 0.759. The highest BCUT2D eigenvalue weighted by molar-refractivity contribution is 8.01. The molecule has 2 aromatic rings. The number of nitrogens with one attached hydrogen (secondary N) is 2. The molecule has 0 saturated heterocycles. The summed E-state index contributed by atoms with van der Waals surface area (Å²) in [4.78, 5) is 12.1. The van der Waals surface area contributed by atoms with Crippen LogP contribution in [-0.4, -0.2) is 42.1 Å². The first-order valence-electron chi connectivity index (χ1n) is 7.48. The van der Waals surface area contributed by atoms with Gasteiger partial charge in [-0.1, -0.05) is 29.2 Å². The Balaban J connectivity index is 1.53. The second-order valence-electron chi connectivity index (χ2n) is 5.10. The van der Waals surface area contributed by atoms with E-state index in [-0.39, 0.29) is 11.9 Å². The summed E-state index contributed by atoms with van der Waals surface area (Å²) < 4.78 is 11.8. The maximum Gasteiger partial charge on any atom is 0.230 e. The van der Waals surface area contributed by atoms with Crippen molar-refractivity contribution in [3.63, 3.8) is 0 Å². The normalized spacial score (nSPS) is 14.1. The Hall–Kier alpha value is -2.00. The van der Waals surface area contributed by atoms with Gasteiger partial charge in [0.05, 0.1) is 11.8 Å². The lowest BCUT2D eigenvalue weighted by Gasteiger charge is -2.21. The molecular formula is C15H18N4O3S2. The standard InChI is InChI=1S/C15H18N4O3S2/c1-9(10-3-4-11-12(7-10)22-6-5-21-11)17-13(20)8-23-15-19-18-14(16-2)24-15/h3-4,7,9H,5-6,8H2,1-2H3,(H,16,18)(H,17,20)/t9-/m0/s1. The lowest BCUT2D eigenvalue weighted by Crippen LogP contribution is -2.28. The van der Waals surface area contributed by atoms with Gasteiger partial charge in [0.25, 0.3) is 0 Å². The first kappa shape index (κ1) is 16.8. The number of ether oxygens (including phenoxy) is 2. The second-order valence-corrected chi connectivity index (χ2v) is 7.30. The van der Waals surface area contributed by atoms with Crippen LogP contribution in [0, 0.1) is 0 Å². The Kier molecular flexibility index (Phi) is 5.41. The van der Waals surface area contributed by atoms with E-state index in [1.54, 1.807) is 7.05 Å². The molecule has 1 aliphatic heterocycles. The molecule has 1 aromatic heterocycles. The molecule has 1 aliphatic rings. The van der Waals surface area contributed by atoms with Gasteiger partial charge < -0.3 is 20.1 Å². The van der Waals surface area contributed by atoms with Crippen molar-refractivity contribution in [3.8, 4) is 11.5 Å². The van der Waals surface area contributed by atoms with Crippen LogP contribution in [0.4, 0.5) is 5.13 Å². The summed E-state index contributed by atoms with van der Waals surface area (Å²) >= 11 is 2.80. The maximum absolute atomic E-state index is 12.1. The number of aromatic nitrogens is 2. The fourth-order valence-corrected chi connectivity index (χ4v) is 3.71. The number of nitrogens with zero attached hydrogens (tertiary/aromatic N) is 2. The molecule has 1 amide bonds. The Bertz CT molecular complexity index is 722. The van der Waals surface area contributed by atoms with Crippen LogP contribution in [0.2, 0.25) is 0 Å². The van der Waals surface area contributed by atoms with Crippen molar-refractivity contribution in [3.05, 3.63) is 23.8 Å². The highest BCUT2D eigenvalue weighted by Gasteiger charge is 2.16. The van der Waals surface area contributed by atoms with Gasteiger partial charge in [0.15, 0.2) is 15.8 Å². The van der Waals surface area contributed by atoms with E-state index in [1.165, 1.54) is 23.1 Å². The predicted molar refractivity (Wildman–Crippen MR) is 94.2 cm³/mol. The first-order valence-corrected chi connectivity index (χ1v) is 9.29. The molecule has 2 N–H and O–H groups in total. The molecule has 9 heteroatoms. The van der Waals surface area contributed by atoms with Crippen molar-refractivity contribution < 1.29 is 14.3 Å². The third-order valence-electron chi connectivity index (χ3n) is 3.39. The Morgan fingerprint density at radius 3 is 2.88 bits per heavy atom. The highest BCUT2D eigenvalue weighted by atomic mass is 32.2. The summed E-state index contributed by atoms with van der Waals surface area (Å²) in [6.45, 7) is 3.05. The van der Waals surface area contributed by atoms with E-state index in [2.05, 4.69) is 20.8 Å². The number of carbonyl (C=O) groups is 1. The van der Waals surface area contributed by atoms with Crippen LogP contribution in [0.1, 0.15) is 18.5 Å². The van der Waals surface area contributed by atoms with Crippen LogP contribution in [0.3, 0.4) is 0 Å². The molecular weight excluding hydrogens is 348 g/mol. The number of hydrogen-bond acceptors (Lipinski definition) is 8. The molecule has 1 aromatic carbocycles. The number of amides is 1. The minimum absolute atomic E-state index is 0.0522. The Morgan fingerprint density at radius 2 is 2.12 bits per heavy atom. The number of rotatable bonds is 6. The molecule has 0 saturated carbocycles. The van der Waals surface area contributed by atoms with E-state index in [0.717, 1.165) is 26.5 Å². The lowest BCUT2D eigenvalue weighted by atomic mass is 10.1. The van der Waals surface area contributed by atoms with Gasteiger partial charge >= 0.3 is 0 Å². The molecule has 0 radical (unpaired) electrons. The summed E-state index contributed by atoms with van der Waals surface area (Å²) in [7, 11) is 1.79. The van der Waals surface area contributed by atoms with Crippen molar-refractivity contribution >= 4 is 34.1 Å². The van der Waals surface area contributed by atoms with Gasteiger partial charge in [-0.15, -0.1) is 10.2 Å². The number of fused-ring (bicyclic) bond motifs is 1. The van der Waals surface area contributed by atoms with Crippen LogP contribution in [0.15, 0.2) is 22.5 Å². The Morgan fingerprint density at radius 1 is 1.33 bits per heavy atom. The molecule has 0 unspecified atom stereocenters. The number of carbonyl (C=O) groups excluding carboxylic acids is 1. The third kappa shape index (κ3) is 4.09. The van der Waals surface area contributed by atoms with Crippen molar-refractivity contribution in [2.45, 2.75) is 17.3 Å². The average molecular weight is 366 g/mol. The molecule has 0 bridgehead atoms. The zero-order chi connectivity index (χ0) is 16.9. The summed E-state index contributed by atoms with van der Waals surface area (Å²) in [5, 5.41) is 14.6. The van der Waals surface area contributed by atoms with Gasteiger partial charge in [-0.25, -0.2) is 0 Å². The molecule has 7 nitrogen and oxygen atoms in total. The summed E-state index contributed by atoms with van der Waals surface area (Å²) in [5.41, 5.74) is 0.978. The van der Waals surface area contributed by atoms with Gasteiger partial charge in [0, 0.05) is 7.05 Å². The van der Waals surface area contributed by atoms with E-state index >= 15 is 0 Å². The van der Waals surface area contributed by atoms with Crippen LogP contribution in [-0.2, 0) is 4.79 Å². The number of anilines is 1. The van der Waals surface area contributed by atoms with Crippen LogP contribution in [0.25, 0.3) is 0 Å². The lowest BCUT2D eigenvalue weighted by molar-refractivity contribution is -0.119. The van der Waals surface area contributed by atoms with Gasteiger partial charge in [-0.05, 0) is 24.6 Å². The van der Waals surface area contributed by atoms with Gasteiger partial charge in [-0.3, -0.25) is 4.79 Å². The third-order valence-corrected chi connectivity index (χ3v) is 5.46. The van der Waals surface area contributed by atoms with E-state index in [0.29, 0.717) is 19.0 Å². The van der Waals surface area contributed by atoms with E-state index in [4.69, 9.17) is 9.47 Å². The average Bonchev–Trinajstić information content (AvgIpc) is 3.07. The molecule has 2 heterocycles. The smallest absolute Gasteiger partial charge is 0.230 e. The number of benzene rings is 1. The minimum Gasteiger partial charge on any atom is -0.486 e. The molecule has 0 spiro atoms. The summed E-state index contributed by atoms with van der Waals surface area (Å²) in [5.74, 6) is 1.72. The molecule has 3 rings (SSSR count). The number of hydrogen-bond donors (Lipinski definition) is 2. The molecule has 0 aliphatic carbocycles. The van der Waals surface area contributed by atoms with Crippen molar-refractivity contribution in [1.29, 1.82) is 0 Å². The van der Waals surface area contributed by atoms with Crippen LogP contribution >= 0.6 is 23.1 Å². The van der Waals surface area contributed by atoms with Gasteiger partial charge in [0.1, 0.15) is 13.2 Å². The predicted octanol–water partition coefficient (Wildman–Crippen LogP) is 2.32. The monoisotopic (exact) mass is 366 g/mol. The van der Waals surface area contributed by atoms with Crippen molar-refractivity contribution in [1.82, 2.24) is 15.5 Å². The maximum atomic E-state index is 12.1. The first-order chi connectivity index (χ1) is 11.7. The largest absolute Gasteiger partial charge is 0.486 e. The fraction of sp³-hybridized carbons (Fsp3) is 0.400. The molecule has 0 fully saturated rings. The molecule has 1 atom stereocenters. The number of thioether (sulfide) groups is 1. The van der Waals surface area contributed by atoms with Crippen molar-refractivity contribution in [2.75, 3.05) is 31.3 Å². The summed E-state index contributed by atoms with van der Waals surface area (Å²) in [6.07, 6.45) is 0. The van der Waals surface area contributed by atoms with Crippen LogP contribution < -0.4 is 20.1 Å². The van der Waals surface area contributed by atoms with Crippen molar-refractivity contribution in [2.24, 2.45) is 0 Å². The fourth-order valence-electron chi connectivity index (χ4n) is 2.19. The second kappa shape index (κ2) is 7.71. The van der Waals surface area contributed by atoms with Crippen LogP contribution in [0.5, 0.6) is 11.5 Å². The van der Waals surface area contributed by atoms with E-state index in [9.17, 15) is 4.79 Å². The minimum atomic E-state index is -0.115. The highest BCUT2D eigenvalue weighted by Crippen LogP contribution is 2.32. The zero-order valence-corrected chi connectivity index (χ0v) is 15.0. The molecule has 24 heavy (non-hydrogen) atoms. The van der Waals surface area contributed by atoms with E-state index in [1.807, 2.05) is 25.1 Å². The molecule has 128 valence electrons. The van der Waals surface area contributed by atoms with E-state index < -0.39 is 0 Å².